The fourth-order valence-corrected chi connectivity index (χ4v) is 0.901. The maximum absolute atomic E-state index is 4.18. The quantitative estimate of drug-likeness (QED) is 0.615. The number of nitrogens with zero attached hydrogens (tertiary/aromatic N) is 1. The van der Waals surface area contributed by atoms with Gasteiger partial charge < -0.3 is 0 Å². The van der Waals surface area contributed by atoms with Crippen LogP contribution in [0.4, 0.5) is 0 Å². The van der Waals surface area contributed by atoms with Crippen LogP contribution in [0.3, 0.4) is 0 Å². The predicted molar refractivity (Wildman–Crippen MR) is 53.6 cm³/mol. The van der Waals surface area contributed by atoms with Gasteiger partial charge in [-0.2, -0.15) is 0 Å². The number of rotatable bonds is 3. The number of allylic oxidation sites excluding steroid dienone is 2. The van der Waals surface area contributed by atoms with E-state index in [0.717, 1.165) is 11.3 Å². The van der Waals surface area contributed by atoms with E-state index in [4.69, 9.17) is 0 Å². The van der Waals surface area contributed by atoms with Gasteiger partial charge in [-0.15, -0.1) is 0 Å². The Hall–Kier alpha value is -1.63. The van der Waals surface area contributed by atoms with Crippen LogP contribution in [0.15, 0.2) is 43.6 Å². The molecule has 0 aliphatic carbocycles. The molecular formula is C11H11N. The summed E-state index contributed by atoms with van der Waals surface area (Å²) in [4.78, 5) is 4.18. The zero-order valence-electron chi connectivity index (χ0n) is 6.90. The van der Waals surface area contributed by atoms with E-state index in [9.17, 15) is 0 Å². The molecule has 0 fully saturated rings. The molecule has 0 aliphatic heterocycles. The summed E-state index contributed by atoms with van der Waals surface area (Å²) in [6, 6.07) is 3.87. The summed E-state index contributed by atoms with van der Waals surface area (Å²) in [7, 11) is 0. The van der Waals surface area contributed by atoms with Crippen LogP contribution in [-0.4, -0.2) is 4.98 Å². The summed E-state index contributed by atoms with van der Waals surface area (Å²) in [5.41, 5.74) is 1.96. The van der Waals surface area contributed by atoms with Gasteiger partial charge in [-0.25, -0.2) is 0 Å². The summed E-state index contributed by atoms with van der Waals surface area (Å²) in [5, 5.41) is 0. The maximum atomic E-state index is 4.18. The smallest absolute Gasteiger partial charge is 0.0701 e. The van der Waals surface area contributed by atoms with E-state index in [2.05, 4.69) is 18.1 Å². The molecule has 1 aromatic heterocycles. The van der Waals surface area contributed by atoms with Gasteiger partial charge in [-0.3, -0.25) is 4.98 Å². The van der Waals surface area contributed by atoms with E-state index in [-0.39, 0.29) is 0 Å². The normalized spacial score (nSPS) is 10.0. The molecule has 1 rings (SSSR count). The average Bonchev–Trinajstić information content (AvgIpc) is 2.15. The Morgan fingerprint density at radius 2 is 2.17 bits per heavy atom. The third kappa shape index (κ3) is 1.92. The molecule has 0 radical (unpaired) electrons. The minimum absolute atomic E-state index is 0.924. The van der Waals surface area contributed by atoms with Gasteiger partial charge in [0.15, 0.2) is 0 Å². The molecule has 0 amide bonds. The molecule has 1 nitrogen and oxygen atoms in total. The first kappa shape index (κ1) is 8.47. The molecule has 12 heavy (non-hydrogen) atoms. The van der Waals surface area contributed by atoms with Crippen molar-refractivity contribution in [3.8, 4) is 0 Å². The zero-order valence-corrected chi connectivity index (χ0v) is 6.90. The largest absolute Gasteiger partial charge is 0.256 e. The minimum atomic E-state index is 0.924. The lowest BCUT2D eigenvalue weighted by atomic mass is 10.2. The van der Waals surface area contributed by atoms with Crippen molar-refractivity contribution in [3.05, 3.63) is 54.9 Å². The highest BCUT2D eigenvalue weighted by atomic mass is 14.7. The zero-order chi connectivity index (χ0) is 8.81. The second-order valence-electron chi connectivity index (χ2n) is 2.28. The van der Waals surface area contributed by atoms with Crippen LogP contribution >= 0.6 is 0 Å². The van der Waals surface area contributed by atoms with E-state index in [1.807, 2.05) is 24.3 Å². The Kier molecular flexibility index (Phi) is 3.03. The molecule has 0 saturated heterocycles. The Morgan fingerprint density at radius 1 is 1.33 bits per heavy atom. The Labute approximate surface area is 72.8 Å². The predicted octanol–water partition coefficient (Wildman–Crippen LogP) is 2.92. The lowest BCUT2D eigenvalue weighted by Gasteiger charge is -1.96. The summed E-state index contributed by atoms with van der Waals surface area (Å²) in [6.07, 6.45) is 9.03. The Morgan fingerprint density at radius 3 is 2.83 bits per heavy atom. The van der Waals surface area contributed by atoms with Crippen LogP contribution in [0.25, 0.3) is 12.2 Å². The first-order valence-electron chi connectivity index (χ1n) is 3.75. The fraction of sp³-hybridized carbons (Fsp3) is 0. The van der Waals surface area contributed by atoms with E-state index in [1.54, 1.807) is 18.3 Å². The van der Waals surface area contributed by atoms with Crippen LogP contribution in [0.2, 0.25) is 0 Å². The van der Waals surface area contributed by atoms with E-state index >= 15 is 0 Å². The van der Waals surface area contributed by atoms with Crippen molar-refractivity contribution in [2.75, 3.05) is 0 Å². The monoisotopic (exact) mass is 157 g/mol. The Balaban J connectivity index is 3.04. The van der Waals surface area contributed by atoms with Crippen LogP contribution in [0.1, 0.15) is 11.3 Å². The lowest BCUT2D eigenvalue weighted by Crippen LogP contribution is -1.83. The molecular weight excluding hydrogens is 146 g/mol. The van der Waals surface area contributed by atoms with Crippen LogP contribution in [-0.2, 0) is 0 Å². The molecule has 0 aromatic carbocycles. The fourth-order valence-electron chi connectivity index (χ4n) is 0.901. The molecule has 1 heteroatoms. The number of hydrogen-bond donors (Lipinski definition) is 0. The number of aromatic nitrogens is 1. The van der Waals surface area contributed by atoms with Crippen molar-refractivity contribution in [3.63, 3.8) is 0 Å². The summed E-state index contributed by atoms with van der Waals surface area (Å²) in [6.45, 7) is 7.29. The molecule has 1 heterocycles. The Bertz CT molecular complexity index is 311. The second-order valence-corrected chi connectivity index (χ2v) is 2.28. The molecule has 0 saturated carbocycles. The van der Waals surface area contributed by atoms with Gasteiger partial charge in [0.05, 0.1) is 5.69 Å². The molecule has 0 aliphatic rings. The third-order valence-corrected chi connectivity index (χ3v) is 1.48. The average molecular weight is 157 g/mol. The van der Waals surface area contributed by atoms with Gasteiger partial charge in [0.2, 0.25) is 0 Å². The molecule has 0 spiro atoms. The highest BCUT2D eigenvalue weighted by Gasteiger charge is 1.92. The number of pyridine rings is 1. The van der Waals surface area contributed by atoms with Crippen molar-refractivity contribution < 1.29 is 0 Å². The molecule has 60 valence electrons. The summed E-state index contributed by atoms with van der Waals surface area (Å²) in [5.74, 6) is 0. The number of hydrogen-bond acceptors (Lipinski definition) is 1. The van der Waals surface area contributed by atoms with Gasteiger partial charge in [-0.05, 0) is 17.7 Å². The lowest BCUT2D eigenvalue weighted by molar-refractivity contribution is 1.28. The first-order valence-corrected chi connectivity index (χ1v) is 3.75. The minimum Gasteiger partial charge on any atom is -0.256 e. The molecule has 0 bridgehead atoms. The van der Waals surface area contributed by atoms with Gasteiger partial charge in [0.1, 0.15) is 0 Å². The standard InChI is InChI=1S/C11H11N/c1-3-5-8-11-10(4-2)7-6-9-12-11/h3-9H,1-2H2. The van der Waals surface area contributed by atoms with Gasteiger partial charge in [0.25, 0.3) is 0 Å². The van der Waals surface area contributed by atoms with E-state index in [1.165, 1.54) is 0 Å². The second kappa shape index (κ2) is 4.29. The van der Waals surface area contributed by atoms with Crippen molar-refractivity contribution in [1.82, 2.24) is 4.98 Å². The summed E-state index contributed by atoms with van der Waals surface area (Å²) < 4.78 is 0. The molecule has 0 atom stereocenters. The first-order chi connectivity index (χ1) is 5.88. The maximum Gasteiger partial charge on any atom is 0.0701 e. The van der Waals surface area contributed by atoms with E-state index < -0.39 is 0 Å². The molecule has 1 aromatic rings. The van der Waals surface area contributed by atoms with Gasteiger partial charge in [0, 0.05) is 6.20 Å². The van der Waals surface area contributed by atoms with Gasteiger partial charge >= 0.3 is 0 Å². The highest BCUT2D eigenvalue weighted by Crippen LogP contribution is 2.08. The van der Waals surface area contributed by atoms with Gasteiger partial charge in [-0.1, -0.05) is 37.5 Å². The third-order valence-electron chi connectivity index (χ3n) is 1.48. The summed E-state index contributed by atoms with van der Waals surface area (Å²) >= 11 is 0. The van der Waals surface area contributed by atoms with E-state index in [0.29, 0.717) is 0 Å². The highest BCUT2D eigenvalue weighted by molar-refractivity contribution is 5.61. The van der Waals surface area contributed by atoms with Crippen molar-refractivity contribution in [1.29, 1.82) is 0 Å². The van der Waals surface area contributed by atoms with Crippen LogP contribution < -0.4 is 0 Å². The van der Waals surface area contributed by atoms with Crippen molar-refractivity contribution in [2.24, 2.45) is 0 Å². The topological polar surface area (TPSA) is 12.9 Å². The molecule has 0 N–H and O–H groups in total. The van der Waals surface area contributed by atoms with Crippen LogP contribution in [0.5, 0.6) is 0 Å². The SMILES string of the molecule is C=CC=Cc1ncccc1C=C. The van der Waals surface area contributed by atoms with Crippen LogP contribution in [0, 0.1) is 0 Å². The molecule has 0 unspecified atom stereocenters. The van der Waals surface area contributed by atoms with Crippen molar-refractivity contribution in [2.45, 2.75) is 0 Å². The van der Waals surface area contributed by atoms with Crippen molar-refractivity contribution >= 4 is 12.2 Å².